The maximum Gasteiger partial charge on any atom is 0.131 e. The molecule has 2 aromatic heterocycles. The summed E-state index contributed by atoms with van der Waals surface area (Å²) in [6.07, 6.45) is 2.05. The highest BCUT2D eigenvalue weighted by molar-refractivity contribution is 6.31. The summed E-state index contributed by atoms with van der Waals surface area (Å²) in [5.74, 6) is 0. The van der Waals surface area contributed by atoms with Gasteiger partial charge in [0.1, 0.15) is 5.15 Å². The summed E-state index contributed by atoms with van der Waals surface area (Å²) < 4.78 is 3.84. The van der Waals surface area contributed by atoms with Gasteiger partial charge in [-0.1, -0.05) is 29.3 Å². The van der Waals surface area contributed by atoms with Gasteiger partial charge >= 0.3 is 0 Å². The highest BCUT2D eigenvalue weighted by Gasteiger charge is 2.12. The Balaban J connectivity index is 2.08. The fourth-order valence-corrected chi connectivity index (χ4v) is 2.72. The van der Waals surface area contributed by atoms with E-state index in [0.29, 0.717) is 11.7 Å². The molecule has 0 spiro atoms. The lowest BCUT2D eigenvalue weighted by Gasteiger charge is -2.06. The second-order valence-electron chi connectivity index (χ2n) is 4.63. The van der Waals surface area contributed by atoms with Gasteiger partial charge in [-0.15, -0.1) is 0 Å². The van der Waals surface area contributed by atoms with E-state index < -0.39 is 0 Å². The molecule has 0 aliphatic rings. The second kappa shape index (κ2) is 4.58. The molecule has 0 amide bonds. The fraction of sp³-hybridized carbons (Fsp3) is 0.214. The van der Waals surface area contributed by atoms with Gasteiger partial charge in [0.2, 0.25) is 0 Å². The van der Waals surface area contributed by atoms with E-state index >= 15 is 0 Å². The Kier molecular flexibility index (Phi) is 3.03. The molecular weight excluding hydrogens is 281 g/mol. The topological polar surface area (TPSA) is 22.8 Å². The molecule has 0 aliphatic carbocycles. The lowest BCUT2D eigenvalue weighted by atomic mass is 10.2. The molecular formula is C14H13Cl2N3. The zero-order valence-electron chi connectivity index (χ0n) is 10.7. The predicted octanol–water partition coefficient (Wildman–Crippen LogP) is 4.04. The minimum Gasteiger partial charge on any atom is -0.343 e. The summed E-state index contributed by atoms with van der Waals surface area (Å²) in [6, 6.07) is 7.96. The summed E-state index contributed by atoms with van der Waals surface area (Å²) >= 11 is 12.3. The van der Waals surface area contributed by atoms with Crippen LogP contribution in [0.3, 0.4) is 0 Å². The lowest BCUT2D eigenvalue weighted by Crippen LogP contribution is -1.99. The number of hydrogen-bond donors (Lipinski definition) is 0. The maximum atomic E-state index is 6.27. The van der Waals surface area contributed by atoms with Crippen LogP contribution in [0.5, 0.6) is 0 Å². The van der Waals surface area contributed by atoms with E-state index in [9.17, 15) is 0 Å². The van der Waals surface area contributed by atoms with E-state index in [2.05, 4.69) is 15.7 Å². The van der Waals surface area contributed by atoms with E-state index in [1.54, 1.807) is 4.68 Å². The Bertz CT molecular complexity index is 755. The van der Waals surface area contributed by atoms with Crippen molar-refractivity contribution < 1.29 is 0 Å². The summed E-state index contributed by atoms with van der Waals surface area (Å²) in [7, 11) is 1.85. The lowest BCUT2D eigenvalue weighted by molar-refractivity contribution is 0.757. The van der Waals surface area contributed by atoms with Crippen LogP contribution in [0.25, 0.3) is 10.9 Å². The molecule has 1 aromatic carbocycles. The minimum absolute atomic E-state index is 0.682. The van der Waals surface area contributed by atoms with Crippen molar-refractivity contribution in [1.82, 2.24) is 14.3 Å². The maximum absolute atomic E-state index is 6.27. The van der Waals surface area contributed by atoms with Gasteiger partial charge in [-0.3, -0.25) is 4.68 Å². The van der Waals surface area contributed by atoms with Crippen molar-refractivity contribution in [2.45, 2.75) is 13.5 Å². The molecule has 0 unspecified atom stereocenters. The molecule has 98 valence electrons. The van der Waals surface area contributed by atoms with Crippen molar-refractivity contribution in [1.29, 1.82) is 0 Å². The number of fused-ring (bicyclic) bond motifs is 1. The highest BCUT2D eigenvalue weighted by atomic mass is 35.5. The molecule has 0 aliphatic heterocycles. The summed E-state index contributed by atoms with van der Waals surface area (Å²) in [6.45, 7) is 2.67. The number of benzene rings is 1. The van der Waals surface area contributed by atoms with Gasteiger partial charge in [0, 0.05) is 29.3 Å². The first kappa shape index (κ1) is 12.6. The Labute approximate surface area is 121 Å². The number of aromatic nitrogens is 3. The van der Waals surface area contributed by atoms with Crippen molar-refractivity contribution in [3.63, 3.8) is 0 Å². The minimum atomic E-state index is 0.682. The van der Waals surface area contributed by atoms with Crippen molar-refractivity contribution in [2.24, 2.45) is 7.05 Å². The molecule has 5 heteroatoms. The highest BCUT2D eigenvalue weighted by Crippen LogP contribution is 2.24. The van der Waals surface area contributed by atoms with Gasteiger partial charge in [0.25, 0.3) is 0 Å². The van der Waals surface area contributed by atoms with Crippen molar-refractivity contribution in [3.8, 4) is 0 Å². The average Bonchev–Trinajstić information content (AvgIpc) is 2.86. The molecule has 3 aromatic rings. The Hall–Kier alpha value is -1.45. The smallest absolute Gasteiger partial charge is 0.131 e. The third-order valence-electron chi connectivity index (χ3n) is 3.33. The van der Waals surface area contributed by atoms with Crippen LogP contribution in [0.15, 0.2) is 30.5 Å². The number of nitrogens with zero attached hydrogens (tertiary/aromatic N) is 3. The SMILES string of the molecule is Cc1nn(C)c(Cl)c1Cn1ccc2ccc(Cl)cc21. The molecule has 3 rings (SSSR count). The molecule has 19 heavy (non-hydrogen) atoms. The fourth-order valence-electron chi connectivity index (χ4n) is 2.32. The third kappa shape index (κ3) is 2.13. The van der Waals surface area contributed by atoms with Crippen LogP contribution in [0.1, 0.15) is 11.3 Å². The number of aryl methyl sites for hydroxylation is 2. The molecule has 3 nitrogen and oxygen atoms in total. The van der Waals surface area contributed by atoms with Gasteiger partial charge in [0.15, 0.2) is 0 Å². The Morgan fingerprint density at radius 1 is 1.21 bits per heavy atom. The van der Waals surface area contributed by atoms with Crippen LogP contribution in [-0.4, -0.2) is 14.3 Å². The van der Waals surface area contributed by atoms with Gasteiger partial charge in [-0.05, 0) is 30.5 Å². The number of halogens is 2. The van der Waals surface area contributed by atoms with Gasteiger partial charge < -0.3 is 4.57 Å². The third-order valence-corrected chi connectivity index (χ3v) is 4.04. The quantitative estimate of drug-likeness (QED) is 0.699. The predicted molar refractivity (Wildman–Crippen MR) is 79.0 cm³/mol. The van der Waals surface area contributed by atoms with Crippen molar-refractivity contribution in [3.05, 3.63) is 51.9 Å². The van der Waals surface area contributed by atoms with Crippen molar-refractivity contribution >= 4 is 34.1 Å². The van der Waals surface area contributed by atoms with Crippen LogP contribution in [0, 0.1) is 6.92 Å². The van der Waals surface area contributed by atoms with Crippen LogP contribution in [0.2, 0.25) is 10.2 Å². The molecule has 0 saturated heterocycles. The number of hydrogen-bond acceptors (Lipinski definition) is 1. The summed E-state index contributed by atoms with van der Waals surface area (Å²) in [4.78, 5) is 0. The standard InChI is InChI=1S/C14H13Cl2N3/c1-9-12(14(16)18(2)17-9)8-19-6-5-10-3-4-11(15)7-13(10)19/h3-7H,8H2,1-2H3. The monoisotopic (exact) mass is 293 g/mol. The molecule has 2 heterocycles. The molecule has 0 fully saturated rings. The van der Waals surface area contributed by atoms with Crippen LogP contribution < -0.4 is 0 Å². The van der Waals surface area contributed by atoms with Gasteiger partial charge in [-0.2, -0.15) is 5.10 Å². The van der Waals surface area contributed by atoms with E-state index in [4.69, 9.17) is 23.2 Å². The molecule has 0 atom stereocenters. The van der Waals surface area contributed by atoms with Crippen LogP contribution in [0.4, 0.5) is 0 Å². The van der Waals surface area contributed by atoms with E-state index in [1.807, 2.05) is 38.4 Å². The molecule has 0 bridgehead atoms. The number of rotatable bonds is 2. The van der Waals surface area contributed by atoms with Gasteiger partial charge in [-0.25, -0.2) is 0 Å². The van der Waals surface area contributed by atoms with E-state index in [-0.39, 0.29) is 0 Å². The van der Waals surface area contributed by atoms with Crippen LogP contribution in [-0.2, 0) is 13.6 Å². The first-order valence-electron chi connectivity index (χ1n) is 5.98. The van der Waals surface area contributed by atoms with Crippen LogP contribution >= 0.6 is 23.2 Å². The Morgan fingerprint density at radius 2 is 2.00 bits per heavy atom. The molecule has 0 saturated carbocycles. The van der Waals surface area contributed by atoms with Gasteiger partial charge in [0.05, 0.1) is 12.2 Å². The summed E-state index contributed by atoms with van der Waals surface area (Å²) in [5.41, 5.74) is 3.10. The zero-order chi connectivity index (χ0) is 13.6. The van der Waals surface area contributed by atoms with E-state index in [1.165, 1.54) is 5.39 Å². The Morgan fingerprint density at radius 3 is 2.68 bits per heavy atom. The average molecular weight is 294 g/mol. The first-order chi connectivity index (χ1) is 9.06. The molecule has 0 N–H and O–H groups in total. The second-order valence-corrected chi connectivity index (χ2v) is 5.42. The largest absolute Gasteiger partial charge is 0.343 e. The van der Waals surface area contributed by atoms with Crippen molar-refractivity contribution in [2.75, 3.05) is 0 Å². The molecule has 0 radical (unpaired) electrons. The summed E-state index contributed by atoms with van der Waals surface area (Å²) in [5, 5.41) is 6.92. The van der Waals surface area contributed by atoms with E-state index in [0.717, 1.165) is 21.8 Å². The normalized spacial score (nSPS) is 11.4. The first-order valence-corrected chi connectivity index (χ1v) is 6.74. The zero-order valence-corrected chi connectivity index (χ0v) is 12.2.